The zero-order valence-electron chi connectivity index (χ0n) is 17.0. The Bertz CT molecular complexity index is 430. The van der Waals surface area contributed by atoms with Crippen LogP contribution in [0.5, 0.6) is 0 Å². The van der Waals surface area contributed by atoms with Crippen LogP contribution in [0.15, 0.2) is 12.2 Å². The van der Waals surface area contributed by atoms with Crippen LogP contribution in [0.25, 0.3) is 0 Å². The van der Waals surface area contributed by atoms with Gasteiger partial charge in [-0.1, -0.05) is 58.6 Å². The molecule has 1 fully saturated rings. The van der Waals surface area contributed by atoms with E-state index in [1.165, 1.54) is 0 Å². The van der Waals surface area contributed by atoms with Gasteiger partial charge in [0, 0.05) is 6.42 Å². The molecule has 1 rings (SSSR count). The van der Waals surface area contributed by atoms with E-state index >= 15 is 0 Å². The van der Waals surface area contributed by atoms with Crippen LogP contribution in [-0.4, -0.2) is 33.5 Å². The molecule has 4 nitrogen and oxygen atoms in total. The van der Waals surface area contributed by atoms with Crippen LogP contribution in [0, 0.1) is 17.3 Å². The Hall–Kier alpha value is -0.870. The van der Waals surface area contributed by atoms with Crippen molar-refractivity contribution in [2.24, 2.45) is 17.3 Å². The van der Waals surface area contributed by atoms with E-state index in [4.69, 9.17) is 5.11 Å². The number of carbonyl (C=O) groups is 1. The number of carboxylic acids is 1. The molecular weight excluding hydrogens is 328 g/mol. The van der Waals surface area contributed by atoms with Crippen LogP contribution in [0.3, 0.4) is 0 Å². The van der Waals surface area contributed by atoms with Gasteiger partial charge in [0.25, 0.3) is 0 Å². The Balaban J connectivity index is 2.38. The van der Waals surface area contributed by atoms with Crippen molar-refractivity contribution in [2.75, 3.05) is 0 Å². The quantitative estimate of drug-likeness (QED) is 0.318. The number of aliphatic hydroxyl groups excluding tert-OH is 2. The van der Waals surface area contributed by atoms with Crippen molar-refractivity contribution in [2.45, 2.75) is 104 Å². The molecule has 26 heavy (non-hydrogen) atoms. The summed E-state index contributed by atoms with van der Waals surface area (Å²) in [5.41, 5.74) is 0.156. The molecule has 4 heteroatoms. The fourth-order valence-corrected chi connectivity index (χ4v) is 4.42. The number of carboxylic acid groups (broad SMARTS) is 1. The summed E-state index contributed by atoms with van der Waals surface area (Å²) in [5, 5.41) is 29.3. The summed E-state index contributed by atoms with van der Waals surface area (Å²) in [6.07, 6.45) is 13.3. The second-order valence-corrected chi connectivity index (χ2v) is 8.89. The summed E-state index contributed by atoms with van der Waals surface area (Å²) in [6, 6.07) is 0. The highest BCUT2D eigenvalue weighted by molar-refractivity contribution is 5.66. The third-order valence-electron chi connectivity index (χ3n) is 5.79. The van der Waals surface area contributed by atoms with Gasteiger partial charge in [0.05, 0.1) is 12.2 Å². The van der Waals surface area contributed by atoms with E-state index in [9.17, 15) is 15.0 Å². The second-order valence-electron chi connectivity index (χ2n) is 8.89. The van der Waals surface area contributed by atoms with Gasteiger partial charge < -0.3 is 15.3 Å². The Morgan fingerprint density at radius 2 is 1.88 bits per heavy atom. The van der Waals surface area contributed by atoms with Crippen LogP contribution in [0.2, 0.25) is 0 Å². The lowest BCUT2D eigenvalue weighted by Crippen LogP contribution is -2.20. The maximum atomic E-state index is 10.5. The molecule has 0 bridgehead atoms. The molecule has 0 aromatic carbocycles. The largest absolute Gasteiger partial charge is 0.481 e. The van der Waals surface area contributed by atoms with E-state index < -0.39 is 12.1 Å². The average molecular weight is 369 g/mol. The van der Waals surface area contributed by atoms with Crippen LogP contribution in [0.1, 0.15) is 91.4 Å². The summed E-state index contributed by atoms with van der Waals surface area (Å²) in [5.74, 6) is -0.0865. The third kappa shape index (κ3) is 9.18. The molecule has 3 N–H and O–H groups in total. The summed E-state index contributed by atoms with van der Waals surface area (Å²) in [4.78, 5) is 10.5. The van der Waals surface area contributed by atoms with Crippen LogP contribution < -0.4 is 0 Å². The smallest absolute Gasteiger partial charge is 0.303 e. The number of aliphatic hydroxyl groups is 2. The maximum Gasteiger partial charge on any atom is 0.303 e. The molecule has 1 unspecified atom stereocenters. The van der Waals surface area contributed by atoms with Gasteiger partial charge in [0.2, 0.25) is 0 Å². The van der Waals surface area contributed by atoms with Gasteiger partial charge in [-0.2, -0.15) is 0 Å². The normalized spacial score (nSPS) is 25.0. The number of hydrogen-bond acceptors (Lipinski definition) is 3. The van der Waals surface area contributed by atoms with E-state index in [2.05, 4.69) is 26.8 Å². The van der Waals surface area contributed by atoms with Crippen molar-refractivity contribution in [3.63, 3.8) is 0 Å². The molecule has 0 aromatic rings. The van der Waals surface area contributed by atoms with Gasteiger partial charge in [-0.25, -0.2) is 0 Å². The molecule has 1 aliphatic rings. The average Bonchev–Trinajstić information content (AvgIpc) is 2.88. The SMILES string of the molecule is CCCC(C)(C)CC(O)C=C[C@H]1CC[C@H](O)[C@@H]1CCCCCCC(=O)O. The zero-order valence-corrected chi connectivity index (χ0v) is 17.0. The number of aliphatic carboxylic acids is 1. The molecule has 0 heterocycles. The minimum atomic E-state index is -0.720. The molecule has 1 aliphatic carbocycles. The number of hydrogen-bond donors (Lipinski definition) is 3. The topological polar surface area (TPSA) is 77.8 Å². The number of rotatable bonds is 13. The molecule has 0 spiro atoms. The fourth-order valence-electron chi connectivity index (χ4n) is 4.42. The molecular formula is C22H40O4. The Morgan fingerprint density at radius 3 is 2.54 bits per heavy atom. The highest BCUT2D eigenvalue weighted by atomic mass is 16.4. The van der Waals surface area contributed by atoms with Gasteiger partial charge in [-0.3, -0.25) is 4.79 Å². The lowest BCUT2D eigenvalue weighted by Gasteiger charge is -2.26. The summed E-state index contributed by atoms with van der Waals surface area (Å²) >= 11 is 0. The highest BCUT2D eigenvalue weighted by Crippen LogP contribution is 2.37. The standard InChI is InChI=1S/C22H40O4/c1-4-15-22(2,3)16-18(23)13-11-17-12-14-20(24)19(17)9-7-5-6-8-10-21(25)26/h11,13,17-20,23-24H,4-10,12,14-16H2,1-3H3,(H,25,26)/t17-,18?,19+,20-/m0/s1. The molecule has 152 valence electrons. The van der Waals surface area contributed by atoms with Crippen molar-refractivity contribution < 1.29 is 20.1 Å². The monoisotopic (exact) mass is 368 g/mol. The first-order valence-electron chi connectivity index (χ1n) is 10.5. The minimum absolute atomic E-state index is 0.156. The highest BCUT2D eigenvalue weighted by Gasteiger charge is 2.32. The first-order chi connectivity index (χ1) is 12.2. The first-order valence-corrected chi connectivity index (χ1v) is 10.5. The fraction of sp³-hybridized carbons (Fsp3) is 0.864. The van der Waals surface area contributed by atoms with E-state index in [1.807, 2.05) is 6.08 Å². The summed E-state index contributed by atoms with van der Waals surface area (Å²) < 4.78 is 0. The van der Waals surface area contributed by atoms with Gasteiger partial charge >= 0.3 is 5.97 Å². The Kier molecular flexibility index (Phi) is 10.5. The van der Waals surface area contributed by atoms with Crippen molar-refractivity contribution in [1.29, 1.82) is 0 Å². The van der Waals surface area contributed by atoms with Crippen LogP contribution >= 0.6 is 0 Å². The van der Waals surface area contributed by atoms with Crippen molar-refractivity contribution in [1.82, 2.24) is 0 Å². The van der Waals surface area contributed by atoms with Crippen molar-refractivity contribution in [3.8, 4) is 0 Å². The van der Waals surface area contributed by atoms with Crippen molar-refractivity contribution >= 4 is 5.97 Å². The van der Waals surface area contributed by atoms with Gasteiger partial charge in [-0.15, -0.1) is 0 Å². The van der Waals surface area contributed by atoms with E-state index in [0.717, 1.165) is 64.2 Å². The Morgan fingerprint density at radius 1 is 1.19 bits per heavy atom. The van der Waals surface area contributed by atoms with Gasteiger partial charge in [0.15, 0.2) is 0 Å². The van der Waals surface area contributed by atoms with Crippen LogP contribution in [0.4, 0.5) is 0 Å². The minimum Gasteiger partial charge on any atom is -0.481 e. The van der Waals surface area contributed by atoms with Crippen LogP contribution in [-0.2, 0) is 4.79 Å². The van der Waals surface area contributed by atoms with Gasteiger partial charge in [-0.05, 0) is 55.8 Å². The van der Waals surface area contributed by atoms with E-state index in [-0.39, 0.29) is 23.9 Å². The molecule has 4 atom stereocenters. The third-order valence-corrected chi connectivity index (χ3v) is 5.79. The number of unbranched alkanes of at least 4 members (excludes halogenated alkanes) is 3. The lowest BCUT2D eigenvalue weighted by atomic mass is 9.82. The lowest BCUT2D eigenvalue weighted by molar-refractivity contribution is -0.137. The van der Waals surface area contributed by atoms with Gasteiger partial charge in [0.1, 0.15) is 0 Å². The summed E-state index contributed by atoms with van der Waals surface area (Å²) in [7, 11) is 0. The van der Waals surface area contributed by atoms with E-state index in [1.54, 1.807) is 0 Å². The van der Waals surface area contributed by atoms with Crippen molar-refractivity contribution in [3.05, 3.63) is 12.2 Å². The first kappa shape index (κ1) is 23.2. The zero-order chi connectivity index (χ0) is 19.6. The molecule has 0 amide bonds. The predicted octanol–water partition coefficient (Wildman–Crippen LogP) is 4.93. The predicted molar refractivity (Wildman–Crippen MR) is 106 cm³/mol. The molecule has 1 saturated carbocycles. The molecule has 0 aliphatic heterocycles. The summed E-state index contributed by atoms with van der Waals surface area (Å²) in [6.45, 7) is 6.59. The molecule has 0 saturated heterocycles. The maximum absolute atomic E-state index is 10.5. The Labute approximate surface area is 159 Å². The number of allylic oxidation sites excluding steroid dienone is 1. The molecule has 0 radical (unpaired) electrons. The van der Waals surface area contributed by atoms with E-state index in [0.29, 0.717) is 5.92 Å². The molecule has 0 aromatic heterocycles. The second kappa shape index (κ2) is 11.8.